The van der Waals surface area contributed by atoms with Gasteiger partial charge in [0.15, 0.2) is 5.82 Å². The number of aromatic nitrogens is 4. The zero-order chi connectivity index (χ0) is 12.5. The molecular weight excluding hydrogens is 214 g/mol. The quantitative estimate of drug-likeness (QED) is 0.847. The fourth-order valence-corrected chi connectivity index (χ4v) is 1.93. The molecular formula is C12H23N5. The van der Waals surface area contributed by atoms with Gasteiger partial charge in [0, 0.05) is 5.54 Å². The molecule has 0 spiro atoms. The largest absolute Gasteiger partial charge is 0.305 e. The lowest BCUT2D eigenvalue weighted by Gasteiger charge is -2.20. The van der Waals surface area contributed by atoms with Crippen LogP contribution in [0.1, 0.15) is 52.8 Å². The van der Waals surface area contributed by atoms with Crippen molar-refractivity contribution in [2.75, 3.05) is 0 Å². The van der Waals surface area contributed by atoms with E-state index in [0.29, 0.717) is 5.41 Å². The molecule has 2 rings (SSSR count). The third-order valence-corrected chi connectivity index (χ3v) is 3.58. The van der Waals surface area contributed by atoms with Crippen molar-refractivity contribution in [1.29, 1.82) is 0 Å². The van der Waals surface area contributed by atoms with Gasteiger partial charge in [-0.1, -0.05) is 6.92 Å². The molecule has 1 aliphatic rings. The molecule has 5 heteroatoms. The number of hydrogen-bond acceptors (Lipinski definition) is 4. The van der Waals surface area contributed by atoms with Crippen LogP contribution in [0.3, 0.4) is 0 Å². The van der Waals surface area contributed by atoms with Crippen LogP contribution in [-0.4, -0.2) is 25.7 Å². The molecule has 0 aliphatic heterocycles. The Bertz CT molecular complexity index is 372. The minimum atomic E-state index is 0.0960. The molecule has 17 heavy (non-hydrogen) atoms. The number of nitrogens with one attached hydrogen (secondary N) is 1. The molecule has 0 aromatic carbocycles. The zero-order valence-corrected chi connectivity index (χ0v) is 11.3. The summed E-state index contributed by atoms with van der Waals surface area (Å²) in [6.45, 7) is 10.4. The Hall–Kier alpha value is -0.970. The van der Waals surface area contributed by atoms with Crippen molar-refractivity contribution >= 4 is 0 Å². The van der Waals surface area contributed by atoms with Crippen molar-refractivity contribution in [3.05, 3.63) is 5.82 Å². The second-order valence-electron chi connectivity index (χ2n) is 6.21. The molecule has 0 atom stereocenters. The molecule has 1 aliphatic carbocycles. The van der Waals surface area contributed by atoms with E-state index in [1.54, 1.807) is 0 Å². The molecule has 1 fully saturated rings. The van der Waals surface area contributed by atoms with Crippen molar-refractivity contribution in [3.63, 3.8) is 0 Å². The predicted molar refractivity (Wildman–Crippen MR) is 66.4 cm³/mol. The van der Waals surface area contributed by atoms with Crippen LogP contribution < -0.4 is 5.32 Å². The third kappa shape index (κ3) is 3.25. The molecule has 0 amide bonds. The summed E-state index contributed by atoms with van der Waals surface area (Å²) in [7, 11) is 0. The van der Waals surface area contributed by atoms with Crippen LogP contribution in [0, 0.1) is 5.41 Å². The average Bonchev–Trinajstić information content (AvgIpc) is 2.87. The normalized spacial score (nSPS) is 18.4. The first-order valence-electron chi connectivity index (χ1n) is 6.44. The first-order chi connectivity index (χ1) is 7.94. The summed E-state index contributed by atoms with van der Waals surface area (Å²) in [6, 6.07) is 0. The van der Waals surface area contributed by atoms with Crippen molar-refractivity contribution in [3.8, 4) is 0 Å². The smallest absolute Gasteiger partial charge is 0.165 e. The van der Waals surface area contributed by atoms with Crippen LogP contribution in [0.5, 0.6) is 0 Å². The summed E-state index contributed by atoms with van der Waals surface area (Å²) >= 11 is 0. The summed E-state index contributed by atoms with van der Waals surface area (Å²) in [4.78, 5) is 0. The van der Waals surface area contributed by atoms with Gasteiger partial charge in [0.25, 0.3) is 0 Å². The van der Waals surface area contributed by atoms with E-state index in [1.165, 1.54) is 19.3 Å². The minimum Gasteiger partial charge on any atom is -0.305 e. The number of hydrogen-bond donors (Lipinski definition) is 1. The topological polar surface area (TPSA) is 55.6 Å². The second-order valence-corrected chi connectivity index (χ2v) is 6.21. The van der Waals surface area contributed by atoms with E-state index >= 15 is 0 Å². The zero-order valence-electron chi connectivity index (χ0n) is 11.3. The Labute approximate surface area is 103 Å². The highest BCUT2D eigenvalue weighted by molar-refractivity contribution is 4.94. The number of tetrazole rings is 1. The molecule has 1 saturated carbocycles. The van der Waals surface area contributed by atoms with Crippen molar-refractivity contribution < 1.29 is 0 Å². The summed E-state index contributed by atoms with van der Waals surface area (Å²) in [6.07, 6.45) is 3.85. The minimum absolute atomic E-state index is 0.0960. The van der Waals surface area contributed by atoms with Gasteiger partial charge in [-0.3, -0.25) is 0 Å². The van der Waals surface area contributed by atoms with Gasteiger partial charge in [0.1, 0.15) is 0 Å². The molecule has 0 radical (unpaired) electrons. The van der Waals surface area contributed by atoms with Gasteiger partial charge in [0.2, 0.25) is 0 Å². The fourth-order valence-electron chi connectivity index (χ4n) is 1.93. The van der Waals surface area contributed by atoms with Gasteiger partial charge >= 0.3 is 0 Å². The summed E-state index contributed by atoms with van der Waals surface area (Å²) < 4.78 is 1.97. The lowest BCUT2D eigenvalue weighted by atomic mass is 10.0. The van der Waals surface area contributed by atoms with E-state index in [9.17, 15) is 0 Å². The van der Waals surface area contributed by atoms with Crippen molar-refractivity contribution in [2.24, 2.45) is 5.41 Å². The molecule has 1 N–H and O–H groups in total. The van der Waals surface area contributed by atoms with Gasteiger partial charge in [-0.15, -0.1) is 5.10 Å². The molecule has 0 bridgehead atoms. The van der Waals surface area contributed by atoms with Gasteiger partial charge < -0.3 is 5.32 Å². The lowest BCUT2D eigenvalue weighted by Crippen LogP contribution is -2.36. The maximum Gasteiger partial charge on any atom is 0.165 e. The van der Waals surface area contributed by atoms with Gasteiger partial charge in [0.05, 0.1) is 13.1 Å². The van der Waals surface area contributed by atoms with E-state index in [0.717, 1.165) is 18.9 Å². The number of nitrogens with zero attached hydrogens (tertiary/aromatic N) is 4. The van der Waals surface area contributed by atoms with E-state index in [2.05, 4.69) is 48.5 Å². The van der Waals surface area contributed by atoms with Crippen LogP contribution >= 0.6 is 0 Å². The van der Waals surface area contributed by atoms with Crippen LogP contribution in [0.25, 0.3) is 0 Å². The fraction of sp³-hybridized carbons (Fsp3) is 0.917. The van der Waals surface area contributed by atoms with Gasteiger partial charge in [-0.2, -0.15) is 0 Å². The Balaban J connectivity index is 1.97. The molecule has 1 aromatic heterocycles. The molecule has 96 valence electrons. The molecule has 5 nitrogen and oxygen atoms in total. The lowest BCUT2D eigenvalue weighted by molar-refractivity contribution is 0.357. The Morgan fingerprint density at radius 3 is 2.59 bits per heavy atom. The van der Waals surface area contributed by atoms with Crippen LogP contribution in [0.4, 0.5) is 0 Å². The van der Waals surface area contributed by atoms with Gasteiger partial charge in [-0.25, -0.2) is 4.68 Å². The Kier molecular flexibility index (Phi) is 3.21. The van der Waals surface area contributed by atoms with Crippen molar-refractivity contribution in [2.45, 2.75) is 65.6 Å². The monoisotopic (exact) mass is 237 g/mol. The number of rotatable bonds is 5. The van der Waals surface area contributed by atoms with Gasteiger partial charge in [-0.05, 0) is 55.9 Å². The van der Waals surface area contributed by atoms with E-state index < -0.39 is 0 Å². The maximum absolute atomic E-state index is 4.11. The van der Waals surface area contributed by atoms with E-state index in [4.69, 9.17) is 0 Å². The van der Waals surface area contributed by atoms with Crippen LogP contribution in [0.2, 0.25) is 0 Å². The SMILES string of the molecule is CCC1(Cn2nnnc2CNC(C)(C)C)CC1. The highest BCUT2D eigenvalue weighted by Gasteiger charge is 2.41. The molecule has 1 aromatic rings. The first kappa shape index (κ1) is 12.5. The van der Waals surface area contributed by atoms with Crippen LogP contribution in [0.15, 0.2) is 0 Å². The maximum atomic E-state index is 4.11. The highest BCUT2D eigenvalue weighted by atomic mass is 15.5. The van der Waals surface area contributed by atoms with E-state index in [1.807, 2.05) is 4.68 Å². The Morgan fingerprint density at radius 2 is 2.06 bits per heavy atom. The first-order valence-corrected chi connectivity index (χ1v) is 6.44. The predicted octanol–water partition coefficient (Wildman–Crippen LogP) is 1.75. The van der Waals surface area contributed by atoms with E-state index in [-0.39, 0.29) is 5.54 Å². The summed E-state index contributed by atoms with van der Waals surface area (Å²) in [5.41, 5.74) is 0.574. The summed E-state index contributed by atoms with van der Waals surface area (Å²) in [5, 5.41) is 15.4. The molecule has 0 saturated heterocycles. The molecule has 1 heterocycles. The highest BCUT2D eigenvalue weighted by Crippen LogP contribution is 2.49. The van der Waals surface area contributed by atoms with Crippen LogP contribution in [-0.2, 0) is 13.1 Å². The average molecular weight is 237 g/mol. The second kappa shape index (κ2) is 4.37. The molecule has 0 unspecified atom stereocenters. The third-order valence-electron chi connectivity index (χ3n) is 3.58. The Morgan fingerprint density at radius 1 is 1.35 bits per heavy atom. The van der Waals surface area contributed by atoms with Crippen molar-refractivity contribution in [1.82, 2.24) is 25.5 Å². The summed E-state index contributed by atoms with van der Waals surface area (Å²) in [5.74, 6) is 0.944. The standard InChI is InChI=1S/C12H23N5/c1-5-12(6-7-12)9-17-10(14-15-16-17)8-13-11(2,3)4/h13H,5-9H2,1-4H3.